The SMILES string of the molecule is O=C(NC(=S)N1CCN(c2ccc(C(F)(F)F)cc2[N+](=O)[O-])CC1)c1ccc(-c2ccc(Cl)c(Cl)c2)o1. The van der Waals surface area contributed by atoms with E-state index in [4.69, 9.17) is 39.8 Å². The molecule has 0 spiro atoms. The largest absolute Gasteiger partial charge is 0.451 e. The van der Waals surface area contributed by atoms with Crippen LogP contribution in [0, 0.1) is 10.1 Å². The van der Waals surface area contributed by atoms with Crippen LogP contribution < -0.4 is 10.2 Å². The number of piperazine rings is 1. The summed E-state index contributed by atoms with van der Waals surface area (Å²) in [6, 6.07) is 10.4. The predicted octanol–water partition coefficient (Wildman–Crippen LogP) is 6.02. The molecule has 1 aliphatic heterocycles. The van der Waals surface area contributed by atoms with Crippen molar-refractivity contribution in [2.45, 2.75) is 6.18 Å². The summed E-state index contributed by atoms with van der Waals surface area (Å²) in [5, 5.41) is 14.8. The molecule has 0 atom stereocenters. The number of rotatable bonds is 4. The Morgan fingerprint density at radius 2 is 1.73 bits per heavy atom. The first kappa shape index (κ1) is 26.7. The van der Waals surface area contributed by atoms with E-state index in [0.717, 1.165) is 12.1 Å². The second-order valence-electron chi connectivity index (χ2n) is 7.98. The minimum absolute atomic E-state index is 0.0161. The number of alkyl halides is 3. The molecule has 0 unspecified atom stereocenters. The monoisotopic (exact) mass is 572 g/mol. The highest BCUT2D eigenvalue weighted by Gasteiger charge is 2.34. The summed E-state index contributed by atoms with van der Waals surface area (Å²) in [4.78, 5) is 26.5. The highest BCUT2D eigenvalue weighted by molar-refractivity contribution is 7.80. The molecule has 37 heavy (non-hydrogen) atoms. The van der Waals surface area contributed by atoms with E-state index in [9.17, 15) is 28.1 Å². The summed E-state index contributed by atoms with van der Waals surface area (Å²) in [5.41, 5.74) is -1.01. The van der Waals surface area contributed by atoms with Crippen LogP contribution in [0.25, 0.3) is 11.3 Å². The summed E-state index contributed by atoms with van der Waals surface area (Å²) in [7, 11) is 0. The van der Waals surface area contributed by atoms with Crippen LogP contribution >= 0.6 is 35.4 Å². The van der Waals surface area contributed by atoms with Gasteiger partial charge in [0, 0.05) is 37.8 Å². The standard InChI is InChI=1S/C23H17Cl2F3N4O4S/c24-15-3-1-13(11-16(15)25)19-5-6-20(36-19)21(33)29-22(37)31-9-7-30(8-10-31)17-4-2-14(23(26,27)28)12-18(17)32(34)35/h1-6,11-12H,7-10H2,(H,29,33,37). The first-order valence-electron chi connectivity index (χ1n) is 10.7. The first-order valence-corrected chi connectivity index (χ1v) is 11.9. The van der Waals surface area contributed by atoms with Gasteiger partial charge in [0.25, 0.3) is 11.6 Å². The van der Waals surface area contributed by atoms with E-state index < -0.39 is 28.3 Å². The molecule has 14 heteroatoms. The lowest BCUT2D eigenvalue weighted by Crippen LogP contribution is -2.52. The Kier molecular flexibility index (Phi) is 7.62. The van der Waals surface area contributed by atoms with Crippen LogP contribution in [-0.4, -0.2) is 47.0 Å². The molecule has 1 fully saturated rings. The maximum atomic E-state index is 13.0. The molecule has 1 aromatic heterocycles. The average Bonchev–Trinajstić information content (AvgIpc) is 3.35. The van der Waals surface area contributed by atoms with Gasteiger partial charge in [0.2, 0.25) is 0 Å². The summed E-state index contributed by atoms with van der Waals surface area (Å²) < 4.78 is 44.6. The lowest BCUT2D eigenvalue weighted by atomic mass is 10.1. The van der Waals surface area contributed by atoms with E-state index >= 15 is 0 Å². The van der Waals surface area contributed by atoms with Crippen molar-refractivity contribution >= 4 is 57.8 Å². The van der Waals surface area contributed by atoms with Crippen LogP contribution in [0.4, 0.5) is 24.5 Å². The molecule has 2 heterocycles. The third-order valence-corrected chi connectivity index (χ3v) is 6.76. The van der Waals surface area contributed by atoms with Crippen LogP contribution in [0.1, 0.15) is 16.1 Å². The number of amides is 1. The number of carbonyl (C=O) groups is 1. The van der Waals surface area contributed by atoms with Gasteiger partial charge in [-0.3, -0.25) is 20.2 Å². The van der Waals surface area contributed by atoms with Gasteiger partial charge in [-0.05, 0) is 54.7 Å². The van der Waals surface area contributed by atoms with Crippen molar-refractivity contribution in [3.8, 4) is 11.3 Å². The number of halogens is 5. The van der Waals surface area contributed by atoms with E-state index in [1.807, 2.05) is 0 Å². The molecule has 1 amide bonds. The minimum atomic E-state index is -4.69. The van der Waals surface area contributed by atoms with Crippen LogP contribution in [0.3, 0.4) is 0 Å². The minimum Gasteiger partial charge on any atom is -0.451 e. The van der Waals surface area contributed by atoms with Crippen molar-refractivity contribution < 1.29 is 27.3 Å². The van der Waals surface area contributed by atoms with Crippen LogP contribution in [0.5, 0.6) is 0 Å². The second kappa shape index (κ2) is 10.6. The Morgan fingerprint density at radius 1 is 1.03 bits per heavy atom. The molecule has 8 nitrogen and oxygen atoms in total. The number of hydrogen-bond donors (Lipinski definition) is 1. The normalized spacial score (nSPS) is 14.0. The number of nitro groups is 1. The highest BCUT2D eigenvalue weighted by Crippen LogP contribution is 2.37. The number of nitrogens with zero attached hydrogens (tertiary/aromatic N) is 3. The third kappa shape index (κ3) is 5.97. The van der Waals surface area contributed by atoms with Gasteiger partial charge in [0.05, 0.1) is 20.5 Å². The van der Waals surface area contributed by atoms with Gasteiger partial charge in [-0.25, -0.2) is 0 Å². The second-order valence-corrected chi connectivity index (χ2v) is 9.19. The lowest BCUT2D eigenvalue weighted by Gasteiger charge is -2.37. The molecule has 0 saturated carbocycles. The van der Waals surface area contributed by atoms with Crippen molar-refractivity contribution in [3.63, 3.8) is 0 Å². The van der Waals surface area contributed by atoms with Crippen molar-refractivity contribution in [3.05, 3.63) is 80.0 Å². The molecule has 1 aliphatic rings. The summed E-state index contributed by atoms with van der Waals surface area (Å²) in [5.74, 6) is -0.152. The summed E-state index contributed by atoms with van der Waals surface area (Å²) in [6.07, 6.45) is -4.69. The highest BCUT2D eigenvalue weighted by atomic mass is 35.5. The molecule has 0 bridgehead atoms. The zero-order chi connectivity index (χ0) is 26.9. The third-order valence-electron chi connectivity index (χ3n) is 5.66. The zero-order valence-electron chi connectivity index (χ0n) is 18.7. The van der Waals surface area contributed by atoms with Crippen molar-refractivity contribution in [2.24, 2.45) is 0 Å². The Morgan fingerprint density at radius 3 is 2.35 bits per heavy atom. The number of benzene rings is 2. The van der Waals surface area contributed by atoms with Gasteiger partial charge in [0.15, 0.2) is 10.9 Å². The fourth-order valence-corrected chi connectivity index (χ4v) is 4.34. The molecular weight excluding hydrogens is 556 g/mol. The molecule has 2 aromatic carbocycles. The fraction of sp³-hybridized carbons (Fsp3) is 0.217. The quantitative estimate of drug-likeness (QED) is 0.232. The predicted molar refractivity (Wildman–Crippen MR) is 136 cm³/mol. The van der Waals surface area contributed by atoms with Crippen LogP contribution in [0.15, 0.2) is 52.9 Å². The average molecular weight is 573 g/mol. The Labute approximate surface area is 223 Å². The molecular formula is C23H17Cl2F3N4O4S. The lowest BCUT2D eigenvalue weighted by molar-refractivity contribution is -0.384. The van der Waals surface area contributed by atoms with E-state index in [2.05, 4.69) is 5.32 Å². The number of carbonyl (C=O) groups excluding carboxylic acids is 1. The summed E-state index contributed by atoms with van der Waals surface area (Å²) >= 11 is 17.3. The maximum Gasteiger partial charge on any atom is 0.416 e. The number of nitro benzene ring substituents is 1. The van der Waals surface area contributed by atoms with E-state index in [1.165, 1.54) is 6.07 Å². The summed E-state index contributed by atoms with van der Waals surface area (Å²) in [6.45, 7) is 1.04. The van der Waals surface area contributed by atoms with Crippen molar-refractivity contribution in [2.75, 3.05) is 31.1 Å². The van der Waals surface area contributed by atoms with E-state index in [-0.39, 0.29) is 42.7 Å². The molecule has 1 saturated heterocycles. The van der Waals surface area contributed by atoms with Crippen LogP contribution in [-0.2, 0) is 6.18 Å². The van der Waals surface area contributed by atoms with Gasteiger partial charge in [-0.2, -0.15) is 13.2 Å². The Bertz CT molecular complexity index is 1370. The fourth-order valence-electron chi connectivity index (χ4n) is 3.77. The van der Waals surface area contributed by atoms with Crippen molar-refractivity contribution in [1.29, 1.82) is 0 Å². The number of anilines is 1. The van der Waals surface area contributed by atoms with E-state index in [0.29, 0.717) is 27.4 Å². The van der Waals surface area contributed by atoms with Crippen molar-refractivity contribution in [1.82, 2.24) is 10.2 Å². The Balaban J connectivity index is 1.38. The van der Waals surface area contributed by atoms with Gasteiger partial charge in [-0.1, -0.05) is 23.2 Å². The van der Waals surface area contributed by atoms with Crippen LogP contribution in [0.2, 0.25) is 10.0 Å². The molecule has 0 radical (unpaired) electrons. The molecule has 1 N–H and O–H groups in total. The number of thiocarbonyl (C=S) groups is 1. The molecule has 0 aliphatic carbocycles. The molecule has 194 valence electrons. The van der Waals surface area contributed by atoms with Gasteiger partial charge in [0.1, 0.15) is 11.4 Å². The Hall–Kier alpha value is -3.35. The molecule has 4 rings (SSSR count). The smallest absolute Gasteiger partial charge is 0.416 e. The topological polar surface area (TPSA) is 91.9 Å². The molecule has 3 aromatic rings. The number of hydrogen-bond acceptors (Lipinski definition) is 6. The van der Waals surface area contributed by atoms with Gasteiger partial charge in [-0.15, -0.1) is 0 Å². The maximum absolute atomic E-state index is 13.0. The van der Waals surface area contributed by atoms with Gasteiger partial charge < -0.3 is 14.2 Å². The zero-order valence-corrected chi connectivity index (χ0v) is 21.0. The number of furan rings is 1. The number of nitrogens with one attached hydrogen (secondary N) is 1. The van der Waals surface area contributed by atoms with Gasteiger partial charge >= 0.3 is 6.18 Å². The first-order chi connectivity index (χ1) is 17.4. The van der Waals surface area contributed by atoms with E-state index in [1.54, 1.807) is 34.1 Å².